The Bertz CT molecular complexity index is 333. The van der Waals surface area contributed by atoms with E-state index >= 15 is 0 Å². The van der Waals surface area contributed by atoms with Crippen molar-refractivity contribution in [3.63, 3.8) is 0 Å². The smallest absolute Gasteiger partial charge is 0.306 e. The van der Waals surface area contributed by atoms with E-state index in [1.54, 1.807) is 25.3 Å². The van der Waals surface area contributed by atoms with Crippen molar-refractivity contribution in [2.75, 3.05) is 12.4 Å². The number of pyridine rings is 1. The molecule has 0 N–H and O–H groups in total. The Hall–Kier alpha value is -0.740. The second kappa shape index (κ2) is 6.69. The van der Waals surface area contributed by atoms with Crippen LogP contribution in [0.3, 0.4) is 0 Å². The topological polar surface area (TPSA) is 39.2 Å². The second-order valence-electron chi connectivity index (χ2n) is 2.72. The van der Waals surface area contributed by atoms with Gasteiger partial charge in [0.1, 0.15) is 0 Å². The number of halogens is 1. The van der Waals surface area contributed by atoms with Crippen molar-refractivity contribution in [2.24, 2.45) is 0 Å². The molecule has 0 saturated carbocycles. The number of rotatable bonds is 5. The van der Waals surface area contributed by atoms with Crippen molar-refractivity contribution < 1.29 is 9.53 Å². The highest BCUT2D eigenvalue weighted by molar-refractivity contribution is 7.99. The largest absolute Gasteiger partial charge is 0.466 e. The van der Waals surface area contributed by atoms with E-state index in [0.717, 1.165) is 5.03 Å². The van der Waals surface area contributed by atoms with Crippen LogP contribution in [0.1, 0.15) is 13.3 Å². The first kappa shape index (κ1) is 12.3. The number of nitrogens with zero attached hydrogens (tertiary/aromatic N) is 1. The molecule has 0 spiro atoms. The fourth-order valence-corrected chi connectivity index (χ4v) is 1.98. The van der Waals surface area contributed by atoms with Crippen LogP contribution in [-0.4, -0.2) is 23.3 Å². The fourth-order valence-electron chi connectivity index (χ4n) is 0.936. The summed E-state index contributed by atoms with van der Waals surface area (Å²) in [5.41, 5.74) is 0. The Morgan fingerprint density at radius 2 is 2.47 bits per heavy atom. The molecule has 0 bridgehead atoms. The first-order valence-corrected chi connectivity index (χ1v) is 5.98. The van der Waals surface area contributed by atoms with Gasteiger partial charge in [0.2, 0.25) is 0 Å². The van der Waals surface area contributed by atoms with Gasteiger partial charge in [0.15, 0.2) is 0 Å². The first-order chi connectivity index (χ1) is 7.22. The van der Waals surface area contributed by atoms with Crippen LogP contribution in [0.4, 0.5) is 0 Å². The summed E-state index contributed by atoms with van der Waals surface area (Å²) in [6.45, 7) is 2.22. The molecular weight excluding hydrogens is 234 g/mol. The molecule has 0 unspecified atom stereocenters. The highest BCUT2D eigenvalue weighted by Gasteiger charge is 2.02. The molecule has 0 amide bonds. The van der Waals surface area contributed by atoms with Gasteiger partial charge < -0.3 is 4.74 Å². The van der Waals surface area contributed by atoms with Crippen molar-refractivity contribution in [1.29, 1.82) is 0 Å². The average molecular weight is 246 g/mol. The lowest BCUT2D eigenvalue weighted by molar-refractivity contribution is -0.142. The van der Waals surface area contributed by atoms with Gasteiger partial charge in [-0.2, -0.15) is 0 Å². The number of carbonyl (C=O) groups is 1. The van der Waals surface area contributed by atoms with Gasteiger partial charge >= 0.3 is 5.97 Å². The molecule has 0 aliphatic heterocycles. The van der Waals surface area contributed by atoms with Gasteiger partial charge in [0.25, 0.3) is 0 Å². The summed E-state index contributed by atoms with van der Waals surface area (Å²) in [5, 5.41) is 1.48. The van der Waals surface area contributed by atoms with E-state index in [1.165, 1.54) is 11.8 Å². The van der Waals surface area contributed by atoms with E-state index in [4.69, 9.17) is 16.3 Å². The van der Waals surface area contributed by atoms with Gasteiger partial charge in [-0.1, -0.05) is 11.6 Å². The molecule has 0 aliphatic rings. The van der Waals surface area contributed by atoms with E-state index in [1.807, 2.05) is 0 Å². The van der Waals surface area contributed by atoms with Crippen LogP contribution < -0.4 is 0 Å². The van der Waals surface area contributed by atoms with Gasteiger partial charge in [-0.3, -0.25) is 4.79 Å². The van der Waals surface area contributed by atoms with Crippen LogP contribution >= 0.6 is 23.4 Å². The number of esters is 1. The molecule has 1 heterocycles. The lowest BCUT2D eigenvalue weighted by Crippen LogP contribution is -2.04. The quantitative estimate of drug-likeness (QED) is 0.591. The Balaban J connectivity index is 2.28. The van der Waals surface area contributed by atoms with Gasteiger partial charge in [0, 0.05) is 17.0 Å². The summed E-state index contributed by atoms with van der Waals surface area (Å²) >= 11 is 7.28. The minimum Gasteiger partial charge on any atom is -0.466 e. The number of hydrogen-bond donors (Lipinski definition) is 0. The molecule has 5 heteroatoms. The summed E-state index contributed by atoms with van der Waals surface area (Å²) in [7, 11) is 0. The molecule has 15 heavy (non-hydrogen) atoms. The normalized spacial score (nSPS) is 10.0. The van der Waals surface area contributed by atoms with Crippen molar-refractivity contribution in [2.45, 2.75) is 18.4 Å². The summed E-state index contributed by atoms with van der Waals surface area (Å²) < 4.78 is 4.80. The zero-order valence-electron chi connectivity index (χ0n) is 8.40. The minimum absolute atomic E-state index is 0.174. The van der Waals surface area contributed by atoms with Crippen LogP contribution in [0.15, 0.2) is 23.4 Å². The Labute approximate surface area is 98.2 Å². The molecule has 0 fully saturated rings. The van der Waals surface area contributed by atoms with Crippen LogP contribution in [0.5, 0.6) is 0 Å². The van der Waals surface area contributed by atoms with E-state index in [-0.39, 0.29) is 5.97 Å². The maximum Gasteiger partial charge on any atom is 0.306 e. The summed E-state index contributed by atoms with van der Waals surface area (Å²) in [6.07, 6.45) is 2.04. The Kier molecular flexibility index (Phi) is 5.50. The number of carbonyl (C=O) groups excluding carboxylic acids is 1. The van der Waals surface area contributed by atoms with Gasteiger partial charge in [-0.15, -0.1) is 11.8 Å². The third-order valence-electron chi connectivity index (χ3n) is 1.56. The zero-order valence-corrected chi connectivity index (χ0v) is 9.98. The number of hydrogen-bond acceptors (Lipinski definition) is 4. The molecule has 3 nitrogen and oxygen atoms in total. The maximum absolute atomic E-state index is 11.0. The van der Waals surface area contributed by atoms with Gasteiger partial charge in [-0.05, 0) is 19.1 Å². The first-order valence-electron chi connectivity index (χ1n) is 4.62. The third-order valence-corrected chi connectivity index (χ3v) is 2.72. The molecule has 0 radical (unpaired) electrons. The molecule has 1 rings (SSSR count). The summed E-state index contributed by atoms with van der Waals surface area (Å²) in [6, 6.07) is 3.49. The molecule has 0 aliphatic carbocycles. The molecule has 1 aromatic rings. The maximum atomic E-state index is 11.0. The van der Waals surface area contributed by atoms with Crippen LogP contribution in [0.25, 0.3) is 0 Å². The van der Waals surface area contributed by atoms with Crippen molar-refractivity contribution in [3.8, 4) is 0 Å². The predicted octanol–water partition coefficient (Wildman–Crippen LogP) is 2.78. The molecule has 82 valence electrons. The second-order valence-corrected chi connectivity index (χ2v) is 4.27. The van der Waals surface area contributed by atoms with E-state index in [2.05, 4.69) is 4.98 Å². The lowest BCUT2D eigenvalue weighted by atomic mass is 10.5. The fraction of sp³-hybridized carbons (Fsp3) is 0.400. The average Bonchev–Trinajstić information content (AvgIpc) is 2.18. The Morgan fingerprint density at radius 1 is 1.67 bits per heavy atom. The molecule has 1 aromatic heterocycles. The summed E-state index contributed by atoms with van der Waals surface area (Å²) in [5.74, 6) is 0.485. The highest BCUT2D eigenvalue weighted by Crippen LogP contribution is 2.19. The van der Waals surface area contributed by atoms with E-state index in [9.17, 15) is 4.79 Å². The van der Waals surface area contributed by atoms with Crippen LogP contribution in [0, 0.1) is 0 Å². The van der Waals surface area contributed by atoms with Crippen molar-refractivity contribution >= 4 is 29.3 Å². The number of thioether (sulfide) groups is 1. The zero-order chi connectivity index (χ0) is 11.1. The van der Waals surface area contributed by atoms with Crippen molar-refractivity contribution in [3.05, 3.63) is 23.4 Å². The number of ether oxygens (including phenoxy) is 1. The highest BCUT2D eigenvalue weighted by atomic mass is 35.5. The molecule has 0 aromatic carbocycles. The Morgan fingerprint density at radius 3 is 3.13 bits per heavy atom. The molecule has 0 atom stereocenters. The predicted molar refractivity (Wildman–Crippen MR) is 61.2 cm³/mol. The molecular formula is C10H12ClNO2S. The van der Waals surface area contributed by atoms with Crippen LogP contribution in [-0.2, 0) is 9.53 Å². The van der Waals surface area contributed by atoms with Gasteiger partial charge in [0.05, 0.1) is 18.1 Å². The van der Waals surface area contributed by atoms with Crippen LogP contribution in [0.2, 0.25) is 5.02 Å². The molecule has 0 saturated heterocycles. The van der Waals surface area contributed by atoms with E-state index in [0.29, 0.717) is 23.8 Å². The SMILES string of the molecule is CCOC(=O)CCSc1cc(Cl)ccn1. The minimum atomic E-state index is -0.174. The number of aromatic nitrogens is 1. The third kappa shape index (κ3) is 5.04. The summed E-state index contributed by atoms with van der Waals surface area (Å²) in [4.78, 5) is 15.1. The lowest BCUT2D eigenvalue weighted by Gasteiger charge is -2.01. The monoisotopic (exact) mass is 245 g/mol. The van der Waals surface area contributed by atoms with Crippen molar-refractivity contribution in [1.82, 2.24) is 4.98 Å². The standard InChI is InChI=1S/C10H12ClNO2S/c1-2-14-10(13)4-6-15-9-7-8(11)3-5-12-9/h3,5,7H,2,4,6H2,1H3. The van der Waals surface area contributed by atoms with E-state index < -0.39 is 0 Å². The van der Waals surface area contributed by atoms with Gasteiger partial charge in [-0.25, -0.2) is 4.98 Å².